The van der Waals surface area contributed by atoms with Gasteiger partial charge in [0.1, 0.15) is 17.4 Å². The van der Waals surface area contributed by atoms with E-state index in [-0.39, 0.29) is 17.5 Å². The third-order valence-electron chi connectivity index (χ3n) is 4.47. The lowest BCUT2D eigenvalue weighted by Crippen LogP contribution is -2.41. The van der Waals surface area contributed by atoms with E-state index >= 15 is 0 Å². The number of hydrogen-bond donors (Lipinski definition) is 1. The number of allylic oxidation sites excluding steroid dienone is 2. The first-order valence-corrected chi connectivity index (χ1v) is 8.38. The number of benzene rings is 1. The molecular weight excluding hydrogens is 300 g/mol. The highest BCUT2D eigenvalue weighted by molar-refractivity contribution is 5.97. The second kappa shape index (κ2) is 8.93. The van der Waals surface area contributed by atoms with Gasteiger partial charge in [-0.15, -0.1) is 0 Å². The van der Waals surface area contributed by atoms with Crippen LogP contribution in [-0.4, -0.2) is 19.1 Å². The number of nitrogens with one attached hydrogen (secondary N) is 1. The van der Waals surface area contributed by atoms with E-state index in [1.807, 2.05) is 36.4 Å². The van der Waals surface area contributed by atoms with E-state index in [0.717, 1.165) is 30.6 Å². The van der Waals surface area contributed by atoms with Crippen molar-refractivity contribution in [2.45, 2.75) is 38.6 Å². The normalized spacial score (nSPS) is 21.3. The average molecular weight is 324 g/mol. The lowest BCUT2D eigenvalue weighted by molar-refractivity contribution is -0.118. The maximum absolute atomic E-state index is 12.3. The van der Waals surface area contributed by atoms with Crippen molar-refractivity contribution < 1.29 is 9.53 Å². The minimum Gasteiger partial charge on any atom is -0.496 e. The van der Waals surface area contributed by atoms with Crippen molar-refractivity contribution in [1.29, 1.82) is 5.26 Å². The van der Waals surface area contributed by atoms with Crippen LogP contribution in [0.15, 0.2) is 42.0 Å². The van der Waals surface area contributed by atoms with Crippen LogP contribution in [0.2, 0.25) is 0 Å². The van der Waals surface area contributed by atoms with Crippen molar-refractivity contribution in [2.24, 2.45) is 5.92 Å². The van der Waals surface area contributed by atoms with E-state index in [9.17, 15) is 10.1 Å². The number of nitriles is 1. The molecule has 1 amide bonds. The number of amides is 1. The molecule has 24 heavy (non-hydrogen) atoms. The first-order valence-electron chi connectivity index (χ1n) is 8.38. The molecule has 0 aliphatic heterocycles. The number of hydrogen-bond acceptors (Lipinski definition) is 3. The molecule has 4 heteroatoms. The summed E-state index contributed by atoms with van der Waals surface area (Å²) in [6.07, 6.45) is 9.56. The predicted octanol–water partition coefficient (Wildman–Crippen LogP) is 3.85. The molecule has 0 heterocycles. The molecule has 0 aromatic heterocycles. The molecule has 1 aliphatic carbocycles. The number of para-hydroxylation sites is 1. The zero-order chi connectivity index (χ0) is 17.4. The van der Waals surface area contributed by atoms with Crippen molar-refractivity contribution in [3.8, 4) is 11.8 Å². The van der Waals surface area contributed by atoms with Crippen LogP contribution in [0.4, 0.5) is 0 Å². The van der Waals surface area contributed by atoms with Crippen molar-refractivity contribution in [3.05, 3.63) is 47.6 Å². The molecule has 1 saturated carbocycles. The van der Waals surface area contributed by atoms with Crippen LogP contribution in [0.3, 0.4) is 0 Å². The number of carbonyl (C=O) groups is 1. The number of rotatable bonds is 5. The van der Waals surface area contributed by atoms with Crippen LogP contribution >= 0.6 is 0 Å². The fourth-order valence-electron chi connectivity index (χ4n) is 2.99. The van der Waals surface area contributed by atoms with Gasteiger partial charge in [-0.2, -0.15) is 5.26 Å². The lowest BCUT2D eigenvalue weighted by atomic mass is 9.86. The summed E-state index contributed by atoms with van der Waals surface area (Å²) >= 11 is 0. The predicted molar refractivity (Wildman–Crippen MR) is 95.3 cm³/mol. The topological polar surface area (TPSA) is 62.1 Å². The molecule has 0 spiro atoms. The molecule has 1 aliphatic rings. The molecule has 2 unspecified atom stereocenters. The van der Waals surface area contributed by atoms with Crippen molar-refractivity contribution >= 4 is 12.0 Å². The molecule has 0 saturated heterocycles. The van der Waals surface area contributed by atoms with E-state index in [2.05, 4.69) is 12.2 Å². The lowest BCUT2D eigenvalue weighted by Gasteiger charge is -2.29. The highest BCUT2D eigenvalue weighted by atomic mass is 16.5. The van der Waals surface area contributed by atoms with E-state index in [0.29, 0.717) is 5.92 Å². The Balaban J connectivity index is 2.04. The Bertz CT molecular complexity index is 670. The van der Waals surface area contributed by atoms with Crippen LogP contribution < -0.4 is 10.1 Å². The van der Waals surface area contributed by atoms with Gasteiger partial charge in [-0.25, -0.2) is 0 Å². The fourth-order valence-corrected chi connectivity index (χ4v) is 2.99. The van der Waals surface area contributed by atoms with Gasteiger partial charge in [0, 0.05) is 11.6 Å². The molecule has 1 fully saturated rings. The monoisotopic (exact) mass is 324 g/mol. The van der Waals surface area contributed by atoms with Crippen LogP contribution in [0.5, 0.6) is 5.75 Å². The van der Waals surface area contributed by atoms with Gasteiger partial charge in [-0.3, -0.25) is 4.79 Å². The molecule has 1 aromatic rings. The largest absolute Gasteiger partial charge is 0.496 e. The molecule has 2 atom stereocenters. The first kappa shape index (κ1) is 17.8. The van der Waals surface area contributed by atoms with Crippen molar-refractivity contribution in [3.63, 3.8) is 0 Å². The summed E-state index contributed by atoms with van der Waals surface area (Å²) in [6.45, 7) is 2.15. The summed E-state index contributed by atoms with van der Waals surface area (Å²) in [7, 11) is 1.61. The van der Waals surface area contributed by atoms with Crippen LogP contribution in [0, 0.1) is 17.2 Å². The quantitative estimate of drug-likeness (QED) is 0.508. The summed E-state index contributed by atoms with van der Waals surface area (Å²) in [5.41, 5.74) is 1.02. The smallest absolute Gasteiger partial charge is 0.262 e. The summed E-state index contributed by atoms with van der Waals surface area (Å²) in [6, 6.07) is 9.74. The summed E-state index contributed by atoms with van der Waals surface area (Å²) in [5, 5.41) is 12.3. The molecule has 0 bridgehead atoms. The molecule has 0 radical (unpaired) electrons. The van der Waals surface area contributed by atoms with Gasteiger partial charge in [0.15, 0.2) is 0 Å². The SMILES string of the molecule is COc1ccccc1/C=C/C=C(\C#N)C(=O)NC1CCCCC1C. The Morgan fingerprint density at radius 3 is 2.79 bits per heavy atom. The maximum atomic E-state index is 12.3. The fraction of sp³-hybridized carbons (Fsp3) is 0.400. The molecule has 126 valence electrons. The Hall–Kier alpha value is -2.54. The second-order valence-corrected chi connectivity index (χ2v) is 6.13. The zero-order valence-corrected chi connectivity index (χ0v) is 14.3. The van der Waals surface area contributed by atoms with Gasteiger partial charge in [0.2, 0.25) is 0 Å². The maximum Gasteiger partial charge on any atom is 0.262 e. The summed E-state index contributed by atoms with van der Waals surface area (Å²) in [4.78, 5) is 12.3. The highest BCUT2D eigenvalue weighted by Gasteiger charge is 2.23. The molecular formula is C20H24N2O2. The highest BCUT2D eigenvalue weighted by Crippen LogP contribution is 2.24. The van der Waals surface area contributed by atoms with E-state index < -0.39 is 0 Å². The third kappa shape index (κ3) is 4.73. The number of carbonyl (C=O) groups excluding carboxylic acids is 1. The first-order chi connectivity index (χ1) is 11.7. The average Bonchev–Trinajstić information content (AvgIpc) is 2.61. The minimum atomic E-state index is -0.291. The van der Waals surface area contributed by atoms with Crippen LogP contribution in [-0.2, 0) is 4.79 Å². The van der Waals surface area contributed by atoms with Gasteiger partial charge in [0.05, 0.1) is 7.11 Å². The second-order valence-electron chi connectivity index (χ2n) is 6.13. The molecule has 4 nitrogen and oxygen atoms in total. The zero-order valence-electron chi connectivity index (χ0n) is 14.3. The van der Waals surface area contributed by atoms with Gasteiger partial charge >= 0.3 is 0 Å². The standard InChI is InChI=1S/C20H24N2O2/c1-15-8-3-5-12-18(15)22-20(23)17(14-21)11-7-10-16-9-4-6-13-19(16)24-2/h4,6-7,9-11,13,15,18H,3,5,8,12H2,1-2H3,(H,22,23)/b10-7+,17-11+. The Morgan fingerprint density at radius 2 is 2.08 bits per heavy atom. The third-order valence-corrected chi connectivity index (χ3v) is 4.47. The van der Waals surface area contributed by atoms with Crippen molar-refractivity contribution in [1.82, 2.24) is 5.32 Å². The summed E-state index contributed by atoms with van der Waals surface area (Å²) < 4.78 is 5.27. The van der Waals surface area contributed by atoms with Crippen molar-refractivity contribution in [2.75, 3.05) is 7.11 Å². The Morgan fingerprint density at radius 1 is 1.33 bits per heavy atom. The van der Waals surface area contributed by atoms with Crippen LogP contribution in [0.25, 0.3) is 6.08 Å². The van der Waals surface area contributed by atoms with Crippen LogP contribution in [0.1, 0.15) is 38.2 Å². The molecule has 1 aromatic carbocycles. The minimum absolute atomic E-state index is 0.124. The van der Waals surface area contributed by atoms with E-state index in [1.165, 1.54) is 6.42 Å². The number of nitrogens with zero attached hydrogens (tertiary/aromatic N) is 1. The van der Waals surface area contributed by atoms with Gasteiger partial charge in [0.25, 0.3) is 5.91 Å². The Labute approximate surface area is 143 Å². The van der Waals surface area contributed by atoms with E-state index in [1.54, 1.807) is 19.3 Å². The number of methoxy groups -OCH3 is 1. The van der Waals surface area contributed by atoms with Gasteiger partial charge in [-0.05, 0) is 30.9 Å². The van der Waals surface area contributed by atoms with Gasteiger partial charge < -0.3 is 10.1 Å². The molecule has 2 rings (SSSR count). The Kier molecular flexibility index (Phi) is 6.62. The molecule has 1 N–H and O–H groups in total. The van der Waals surface area contributed by atoms with Gasteiger partial charge in [-0.1, -0.05) is 50.1 Å². The van der Waals surface area contributed by atoms with E-state index in [4.69, 9.17) is 4.74 Å². The number of ether oxygens (including phenoxy) is 1. The summed E-state index contributed by atoms with van der Waals surface area (Å²) in [5.74, 6) is 0.925.